The zero-order valence-electron chi connectivity index (χ0n) is 13.2. The van der Waals surface area contributed by atoms with Gasteiger partial charge in [-0.3, -0.25) is 10.1 Å². The standard InChI is InChI=1S/C18H18N2OS/c1-10-5-7-14(12(3)9-10)17(21)20-18-19-16-13(4)11(2)6-8-15(16)22-18/h5-9H,1-4H3,(H,19,20,21). The zero-order chi connectivity index (χ0) is 15.9. The maximum absolute atomic E-state index is 12.4. The lowest BCUT2D eigenvalue weighted by atomic mass is 10.1. The predicted molar refractivity (Wildman–Crippen MR) is 93.0 cm³/mol. The summed E-state index contributed by atoms with van der Waals surface area (Å²) in [7, 11) is 0. The van der Waals surface area contributed by atoms with E-state index < -0.39 is 0 Å². The summed E-state index contributed by atoms with van der Waals surface area (Å²) in [4.78, 5) is 17.0. The molecule has 0 aliphatic carbocycles. The molecule has 0 aliphatic rings. The van der Waals surface area contributed by atoms with Gasteiger partial charge in [0.15, 0.2) is 5.13 Å². The molecule has 0 radical (unpaired) electrons. The SMILES string of the molecule is Cc1ccc(C(=O)Nc2nc3c(C)c(C)ccc3s2)c(C)c1. The second-order valence-corrected chi connectivity index (χ2v) is 6.68. The fraction of sp³-hybridized carbons (Fsp3) is 0.222. The fourth-order valence-corrected chi connectivity index (χ4v) is 3.43. The molecular formula is C18H18N2OS. The largest absolute Gasteiger partial charge is 0.298 e. The minimum atomic E-state index is -0.106. The van der Waals surface area contributed by atoms with Crippen LogP contribution in [0.2, 0.25) is 0 Å². The van der Waals surface area contributed by atoms with Crippen LogP contribution in [0.15, 0.2) is 30.3 Å². The number of hydrogen-bond acceptors (Lipinski definition) is 3. The first kappa shape index (κ1) is 14.7. The lowest BCUT2D eigenvalue weighted by Crippen LogP contribution is -2.13. The molecule has 0 fully saturated rings. The van der Waals surface area contributed by atoms with Gasteiger partial charge in [0, 0.05) is 5.56 Å². The Labute approximate surface area is 134 Å². The van der Waals surface area contributed by atoms with Crippen molar-refractivity contribution in [3.05, 3.63) is 58.1 Å². The number of aromatic nitrogens is 1. The van der Waals surface area contributed by atoms with E-state index >= 15 is 0 Å². The predicted octanol–water partition coefficient (Wildman–Crippen LogP) is 4.78. The molecule has 0 aliphatic heterocycles. The number of benzene rings is 2. The molecule has 1 amide bonds. The van der Waals surface area contributed by atoms with E-state index in [1.165, 1.54) is 22.5 Å². The van der Waals surface area contributed by atoms with Crippen molar-refractivity contribution >= 4 is 32.6 Å². The smallest absolute Gasteiger partial charge is 0.257 e. The maximum Gasteiger partial charge on any atom is 0.257 e. The quantitative estimate of drug-likeness (QED) is 0.740. The van der Waals surface area contributed by atoms with Crippen LogP contribution in [-0.4, -0.2) is 10.9 Å². The Bertz CT molecular complexity index is 880. The molecule has 4 heteroatoms. The Morgan fingerprint density at radius 3 is 2.55 bits per heavy atom. The zero-order valence-corrected chi connectivity index (χ0v) is 14.0. The molecule has 1 aromatic heterocycles. The van der Waals surface area contributed by atoms with Crippen molar-refractivity contribution in [2.75, 3.05) is 5.32 Å². The van der Waals surface area contributed by atoms with Gasteiger partial charge < -0.3 is 0 Å². The fourth-order valence-electron chi connectivity index (χ4n) is 2.51. The van der Waals surface area contributed by atoms with Crippen molar-refractivity contribution in [3.8, 4) is 0 Å². The number of nitrogens with zero attached hydrogens (tertiary/aromatic N) is 1. The van der Waals surface area contributed by atoms with Crippen molar-refractivity contribution in [1.82, 2.24) is 4.98 Å². The molecule has 2 aromatic carbocycles. The van der Waals surface area contributed by atoms with Crippen molar-refractivity contribution < 1.29 is 4.79 Å². The van der Waals surface area contributed by atoms with Gasteiger partial charge in [-0.05, 0) is 56.5 Å². The van der Waals surface area contributed by atoms with E-state index in [0.29, 0.717) is 10.7 Å². The van der Waals surface area contributed by atoms with Crippen LogP contribution >= 0.6 is 11.3 Å². The molecule has 3 nitrogen and oxygen atoms in total. The highest BCUT2D eigenvalue weighted by molar-refractivity contribution is 7.22. The molecular weight excluding hydrogens is 292 g/mol. The molecule has 0 saturated heterocycles. The van der Waals surface area contributed by atoms with Gasteiger partial charge in [-0.25, -0.2) is 4.98 Å². The van der Waals surface area contributed by atoms with Crippen LogP contribution in [0.4, 0.5) is 5.13 Å². The molecule has 0 atom stereocenters. The molecule has 0 bridgehead atoms. The topological polar surface area (TPSA) is 42.0 Å². The summed E-state index contributed by atoms with van der Waals surface area (Å²) in [6.45, 7) is 8.11. The number of carbonyl (C=O) groups excluding carboxylic acids is 1. The monoisotopic (exact) mass is 310 g/mol. The molecule has 3 rings (SSSR count). The highest BCUT2D eigenvalue weighted by Crippen LogP contribution is 2.30. The first-order valence-electron chi connectivity index (χ1n) is 7.21. The number of hydrogen-bond donors (Lipinski definition) is 1. The maximum atomic E-state index is 12.4. The lowest BCUT2D eigenvalue weighted by molar-refractivity contribution is 0.102. The van der Waals surface area contributed by atoms with Crippen LogP contribution in [0.3, 0.4) is 0 Å². The average molecular weight is 310 g/mol. The summed E-state index contributed by atoms with van der Waals surface area (Å²) >= 11 is 1.51. The molecule has 1 N–H and O–H groups in total. The summed E-state index contributed by atoms with van der Waals surface area (Å²) in [5.74, 6) is -0.106. The van der Waals surface area contributed by atoms with Crippen molar-refractivity contribution in [3.63, 3.8) is 0 Å². The van der Waals surface area contributed by atoms with Gasteiger partial charge >= 0.3 is 0 Å². The van der Waals surface area contributed by atoms with Crippen molar-refractivity contribution in [2.24, 2.45) is 0 Å². The van der Waals surface area contributed by atoms with E-state index in [4.69, 9.17) is 0 Å². The van der Waals surface area contributed by atoms with Gasteiger partial charge in [-0.15, -0.1) is 0 Å². The van der Waals surface area contributed by atoms with E-state index in [0.717, 1.165) is 21.3 Å². The molecule has 0 unspecified atom stereocenters. The number of amides is 1. The van der Waals surface area contributed by atoms with Crippen LogP contribution in [0.5, 0.6) is 0 Å². The molecule has 1 heterocycles. The number of carbonyl (C=O) groups is 1. The normalized spacial score (nSPS) is 10.9. The third kappa shape index (κ3) is 2.62. The van der Waals surface area contributed by atoms with Crippen LogP contribution in [0.25, 0.3) is 10.2 Å². The third-order valence-electron chi connectivity index (χ3n) is 3.93. The van der Waals surface area contributed by atoms with E-state index in [2.05, 4.69) is 36.3 Å². The second kappa shape index (κ2) is 5.54. The van der Waals surface area contributed by atoms with Crippen molar-refractivity contribution in [1.29, 1.82) is 0 Å². The highest BCUT2D eigenvalue weighted by atomic mass is 32.1. The first-order valence-corrected chi connectivity index (χ1v) is 8.02. The average Bonchev–Trinajstić information content (AvgIpc) is 2.86. The minimum absolute atomic E-state index is 0.106. The summed E-state index contributed by atoms with van der Waals surface area (Å²) in [5, 5.41) is 3.57. The summed E-state index contributed by atoms with van der Waals surface area (Å²) in [6, 6.07) is 9.98. The van der Waals surface area contributed by atoms with Crippen LogP contribution in [-0.2, 0) is 0 Å². The van der Waals surface area contributed by atoms with E-state index in [1.54, 1.807) is 0 Å². The molecule has 0 saturated carbocycles. The number of nitrogens with one attached hydrogen (secondary N) is 1. The van der Waals surface area contributed by atoms with Crippen LogP contribution in [0.1, 0.15) is 32.6 Å². The third-order valence-corrected chi connectivity index (χ3v) is 4.87. The number of fused-ring (bicyclic) bond motifs is 1. The summed E-state index contributed by atoms with van der Waals surface area (Å²) < 4.78 is 1.10. The molecule has 22 heavy (non-hydrogen) atoms. The molecule has 112 valence electrons. The van der Waals surface area contributed by atoms with E-state index in [-0.39, 0.29) is 5.91 Å². The van der Waals surface area contributed by atoms with E-state index in [1.807, 2.05) is 32.0 Å². The highest BCUT2D eigenvalue weighted by Gasteiger charge is 2.13. The van der Waals surface area contributed by atoms with Crippen LogP contribution < -0.4 is 5.32 Å². The molecule has 0 spiro atoms. The number of rotatable bonds is 2. The second-order valence-electron chi connectivity index (χ2n) is 5.65. The minimum Gasteiger partial charge on any atom is -0.298 e. The summed E-state index contributed by atoms with van der Waals surface area (Å²) in [5.41, 5.74) is 6.18. The Morgan fingerprint density at radius 1 is 1.05 bits per heavy atom. The number of anilines is 1. The first-order chi connectivity index (χ1) is 10.5. The lowest BCUT2D eigenvalue weighted by Gasteiger charge is -2.06. The van der Waals surface area contributed by atoms with Gasteiger partial charge in [0.2, 0.25) is 0 Å². The van der Waals surface area contributed by atoms with Crippen LogP contribution in [0, 0.1) is 27.7 Å². The van der Waals surface area contributed by atoms with Gasteiger partial charge in [0.25, 0.3) is 5.91 Å². The van der Waals surface area contributed by atoms with Gasteiger partial charge in [0.05, 0.1) is 10.2 Å². The Kier molecular flexibility index (Phi) is 3.71. The number of aryl methyl sites for hydroxylation is 4. The van der Waals surface area contributed by atoms with Gasteiger partial charge in [-0.2, -0.15) is 0 Å². The van der Waals surface area contributed by atoms with Crippen molar-refractivity contribution in [2.45, 2.75) is 27.7 Å². The summed E-state index contributed by atoms with van der Waals surface area (Å²) in [6.07, 6.45) is 0. The van der Waals surface area contributed by atoms with Gasteiger partial charge in [-0.1, -0.05) is 35.1 Å². The Morgan fingerprint density at radius 2 is 1.82 bits per heavy atom. The number of thiazole rings is 1. The molecule has 3 aromatic rings. The van der Waals surface area contributed by atoms with E-state index in [9.17, 15) is 4.79 Å². The Hall–Kier alpha value is -2.20. The van der Waals surface area contributed by atoms with Gasteiger partial charge in [0.1, 0.15) is 0 Å². The Balaban J connectivity index is 1.92.